The molecule has 0 aliphatic rings. The third kappa shape index (κ3) is 4.71. The zero-order chi connectivity index (χ0) is 29.3. The fourth-order valence-electron chi connectivity index (χ4n) is 5.94. The molecule has 0 saturated heterocycles. The van der Waals surface area contributed by atoms with Gasteiger partial charge in [-0.1, -0.05) is 115 Å². The van der Waals surface area contributed by atoms with Gasteiger partial charge in [-0.25, -0.2) is 4.98 Å². The number of fused-ring (bicyclic) bond motifs is 3. The zero-order valence-corrected chi connectivity index (χ0v) is 24.0. The van der Waals surface area contributed by atoms with E-state index in [9.17, 15) is 0 Å². The summed E-state index contributed by atoms with van der Waals surface area (Å²) in [6, 6.07) is 59.2. The van der Waals surface area contributed by atoms with Gasteiger partial charge in [-0.3, -0.25) is 0 Å². The Hall–Kier alpha value is -5.93. The molecule has 8 rings (SSSR count). The monoisotopic (exact) mass is 564 g/mol. The molecule has 0 fully saturated rings. The van der Waals surface area contributed by atoms with Crippen molar-refractivity contribution in [3.63, 3.8) is 0 Å². The number of hydrogen-bond acceptors (Lipinski definition) is 3. The lowest BCUT2D eigenvalue weighted by Gasteiger charge is -2.26. The van der Waals surface area contributed by atoms with Gasteiger partial charge in [0.1, 0.15) is 5.52 Å². The highest BCUT2D eigenvalue weighted by Crippen LogP contribution is 2.40. The number of rotatable bonds is 6. The molecular weight excluding hydrogens is 536 g/mol. The number of aromatic nitrogens is 1. The van der Waals surface area contributed by atoms with Crippen LogP contribution < -0.4 is 4.90 Å². The molecule has 3 nitrogen and oxygen atoms in total. The van der Waals surface area contributed by atoms with Crippen molar-refractivity contribution in [1.29, 1.82) is 0 Å². The van der Waals surface area contributed by atoms with Crippen LogP contribution in [0.2, 0.25) is 0 Å². The summed E-state index contributed by atoms with van der Waals surface area (Å²) < 4.78 is 6.33. The Morgan fingerprint density at radius 3 is 1.52 bits per heavy atom. The Kier molecular flexibility index (Phi) is 6.47. The van der Waals surface area contributed by atoms with Gasteiger partial charge >= 0.3 is 0 Å². The molecule has 0 atom stereocenters. The standard InChI is InChI=1S/C41H28N2O/c1-4-12-29(13-5-1)30-20-24-34(25-21-30)43(33-16-8-3-9-17-33)35-26-22-31(23-27-35)38-28-39-40(37-19-11-10-18-36(37)38)44-41(42-39)32-14-6-2-7-15-32/h1-28H. The van der Waals surface area contributed by atoms with Gasteiger partial charge in [-0.2, -0.15) is 0 Å². The number of anilines is 3. The van der Waals surface area contributed by atoms with Crippen molar-refractivity contribution in [2.75, 3.05) is 4.90 Å². The topological polar surface area (TPSA) is 29.3 Å². The van der Waals surface area contributed by atoms with Gasteiger partial charge in [-0.05, 0) is 82.2 Å². The number of para-hydroxylation sites is 1. The van der Waals surface area contributed by atoms with Crippen LogP contribution in [-0.2, 0) is 0 Å². The average Bonchev–Trinajstić information content (AvgIpc) is 3.55. The van der Waals surface area contributed by atoms with Gasteiger partial charge in [0, 0.05) is 28.0 Å². The molecule has 1 heterocycles. The molecule has 0 unspecified atom stereocenters. The lowest BCUT2D eigenvalue weighted by atomic mass is 9.97. The Morgan fingerprint density at radius 2 is 0.886 bits per heavy atom. The molecule has 0 spiro atoms. The summed E-state index contributed by atoms with van der Waals surface area (Å²) in [5.74, 6) is 0.634. The van der Waals surface area contributed by atoms with Crippen LogP contribution in [0.15, 0.2) is 174 Å². The van der Waals surface area contributed by atoms with E-state index in [4.69, 9.17) is 9.40 Å². The van der Waals surface area contributed by atoms with E-state index >= 15 is 0 Å². The van der Waals surface area contributed by atoms with Crippen molar-refractivity contribution in [2.24, 2.45) is 0 Å². The van der Waals surface area contributed by atoms with Crippen molar-refractivity contribution >= 4 is 38.9 Å². The van der Waals surface area contributed by atoms with Crippen LogP contribution >= 0.6 is 0 Å². The van der Waals surface area contributed by atoms with Gasteiger partial charge in [-0.15, -0.1) is 0 Å². The van der Waals surface area contributed by atoms with Crippen molar-refractivity contribution < 1.29 is 4.42 Å². The molecule has 0 saturated carbocycles. The number of oxazole rings is 1. The molecule has 1 aromatic heterocycles. The van der Waals surface area contributed by atoms with Gasteiger partial charge in [0.2, 0.25) is 5.89 Å². The van der Waals surface area contributed by atoms with E-state index in [1.165, 1.54) is 11.1 Å². The summed E-state index contributed by atoms with van der Waals surface area (Å²) in [6.45, 7) is 0. The molecule has 0 aliphatic heterocycles. The van der Waals surface area contributed by atoms with Crippen molar-refractivity contribution in [1.82, 2.24) is 4.98 Å². The fraction of sp³-hybridized carbons (Fsp3) is 0. The normalized spacial score (nSPS) is 11.2. The van der Waals surface area contributed by atoms with E-state index < -0.39 is 0 Å². The van der Waals surface area contributed by atoms with Crippen LogP contribution in [0.4, 0.5) is 17.1 Å². The van der Waals surface area contributed by atoms with Crippen LogP contribution in [0.1, 0.15) is 0 Å². The van der Waals surface area contributed by atoms with E-state index in [2.05, 4.69) is 138 Å². The minimum atomic E-state index is 0.634. The van der Waals surface area contributed by atoms with Gasteiger partial charge < -0.3 is 9.32 Å². The van der Waals surface area contributed by atoms with Crippen LogP contribution in [0.25, 0.3) is 55.6 Å². The van der Waals surface area contributed by atoms with E-state index in [0.717, 1.165) is 55.6 Å². The minimum Gasteiger partial charge on any atom is -0.435 e. The first kappa shape index (κ1) is 25.8. The highest BCUT2D eigenvalue weighted by molar-refractivity contribution is 6.11. The smallest absolute Gasteiger partial charge is 0.227 e. The SMILES string of the molecule is c1ccc(-c2ccc(N(c3ccccc3)c3ccc(-c4cc5nc(-c6ccccc6)oc5c5ccccc45)cc3)cc2)cc1. The zero-order valence-electron chi connectivity index (χ0n) is 24.0. The highest BCUT2D eigenvalue weighted by atomic mass is 16.3. The molecule has 0 aliphatic carbocycles. The Balaban J connectivity index is 1.20. The summed E-state index contributed by atoms with van der Waals surface area (Å²) in [5, 5.41) is 2.20. The first-order valence-electron chi connectivity index (χ1n) is 14.8. The molecule has 0 bridgehead atoms. The maximum atomic E-state index is 6.33. The maximum Gasteiger partial charge on any atom is 0.227 e. The van der Waals surface area contributed by atoms with E-state index in [1.54, 1.807) is 0 Å². The first-order valence-corrected chi connectivity index (χ1v) is 14.8. The summed E-state index contributed by atoms with van der Waals surface area (Å²) >= 11 is 0. The fourth-order valence-corrected chi connectivity index (χ4v) is 5.94. The molecule has 3 heteroatoms. The summed E-state index contributed by atoms with van der Waals surface area (Å²) in [7, 11) is 0. The summed E-state index contributed by atoms with van der Waals surface area (Å²) in [5.41, 5.74) is 10.6. The predicted molar refractivity (Wildman–Crippen MR) is 183 cm³/mol. The Labute approximate surface area is 256 Å². The third-order valence-corrected chi connectivity index (χ3v) is 8.10. The van der Waals surface area contributed by atoms with Crippen LogP contribution in [0.3, 0.4) is 0 Å². The second kappa shape index (κ2) is 11.0. The maximum absolute atomic E-state index is 6.33. The second-order valence-electron chi connectivity index (χ2n) is 10.8. The van der Waals surface area contributed by atoms with Crippen molar-refractivity contribution in [3.8, 4) is 33.7 Å². The lowest BCUT2D eigenvalue weighted by Crippen LogP contribution is -2.09. The number of benzene rings is 7. The van der Waals surface area contributed by atoms with Crippen LogP contribution in [-0.4, -0.2) is 4.98 Å². The quantitative estimate of drug-likeness (QED) is 0.201. The van der Waals surface area contributed by atoms with Crippen molar-refractivity contribution in [3.05, 3.63) is 170 Å². The summed E-state index contributed by atoms with van der Waals surface area (Å²) in [6.07, 6.45) is 0. The van der Waals surface area contributed by atoms with Gasteiger partial charge in [0.05, 0.1) is 0 Å². The molecular formula is C41H28N2O. The third-order valence-electron chi connectivity index (χ3n) is 8.10. The first-order chi connectivity index (χ1) is 21.8. The van der Waals surface area contributed by atoms with E-state index in [-0.39, 0.29) is 0 Å². The molecule has 0 radical (unpaired) electrons. The largest absolute Gasteiger partial charge is 0.435 e. The number of hydrogen-bond donors (Lipinski definition) is 0. The highest BCUT2D eigenvalue weighted by Gasteiger charge is 2.17. The molecule has 208 valence electrons. The number of nitrogens with zero attached hydrogens (tertiary/aromatic N) is 2. The van der Waals surface area contributed by atoms with E-state index in [1.807, 2.05) is 36.4 Å². The Bertz CT molecular complexity index is 2190. The minimum absolute atomic E-state index is 0.634. The Morgan fingerprint density at radius 1 is 0.409 bits per heavy atom. The average molecular weight is 565 g/mol. The predicted octanol–water partition coefficient (Wildman–Crippen LogP) is 11.5. The molecule has 0 N–H and O–H groups in total. The van der Waals surface area contributed by atoms with Crippen LogP contribution in [0.5, 0.6) is 0 Å². The van der Waals surface area contributed by atoms with Gasteiger partial charge in [0.15, 0.2) is 5.58 Å². The lowest BCUT2D eigenvalue weighted by molar-refractivity contribution is 0.623. The molecule has 7 aromatic carbocycles. The van der Waals surface area contributed by atoms with Crippen LogP contribution in [0, 0.1) is 0 Å². The van der Waals surface area contributed by atoms with E-state index in [0.29, 0.717) is 5.89 Å². The molecule has 8 aromatic rings. The van der Waals surface area contributed by atoms with Gasteiger partial charge in [0.25, 0.3) is 0 Å². The molecule has 44 heavy (non-hydrogen) atoms. The second-order valence-corrected chi connectivity index (χ2v) is 10.8. The summed E-state index contributed by atoms with van der Waals surface area (Å²) in [4.78, 5) is 7.19. The molecule has 0 amide bonds. The van der Waals surface area contributed by atoms with Crippen molar-refractivity contribution in [2.45, 2.75) is 0 Å².